The highest BCUT2D eigenvalue weighted by molar-refractivity contribution is 6.29. The maximum absolute atomic E-state index is 5.93. The highest BCUT2D eigenvalue weighted by atomic mass is 35.5. The first kappa shape index (κ1) is 10.3. The average Bonchev–Trinajstić information content (AvgIpc) is 2.79. The maximum atomic E-state index is 5.93. The lowest BCUT2D eigenvalue weighted by molar-refractivity contribution is 0.557. The molecular weight excluding hydrogens is 214 g/mol. The van der Waals surface area contributed by atoms with Gasteiger partial charge in [0.25, 0.3) is 0 Å². The molecule has 1 unspecified atom stereocenters. The number of aryl methyl sites for hydroxylation is 1. The van der Waals surface area contributed by atoms with Gasteiger partial charge in [0.1, 0.15) is 0 Å². The van der Waals surface area contributed by atoms with E-state index in [1.165, 1.54) is 0 Å². The third kappa shape index (κ3) is 1.91. The summed E-state index contributed by atoms with van der Waals surface area (Å²) in [5.41, 5.74) is 1.82. The van der Waals surface area contributed by atoms with Gasteiger partial charge in [-0.05, 0) is 30.8 Å². The summed E-state index contributed by atoms with van der Waals surface area (Å²) in [5, 5.41) is 7.89. The Morgan fingerprint density at radius 2 is 2.33 bits per heavy atom. The van der Waals surface area contributed by atoms with Gasteiger partial charge in [0.15, 0.2) is 5.22 Å². The average molecular weight is 226 g/mol. The molecule has 2 aromatic heterocycles. The highest BCUT2D eigenvalue weighted by Gasteiger charge is 2.19. The molecule has 80 valence electrons. The Bertz CT molecular complexity index is 449. The summed E-state index contributed by atoms with van der Waals surface area (Å²) in [6.07, 6.45) is 3.47. The van der Waals surface area contributed by atoms with Crippen LogP contribution in [0.4, 0.5) is 0 Å². The summed E-state index contributed by atoms with van der Waals surface area (Å²) in [6, 6.07) is 3.76. The van der Waals surface area contributed by atoms with Crippen LogP contribution in [0.2, 0.25) is 5.22 Å². The molecular formula is C10H12ClN3O. The fourth-order valence-electron chi connectivity index (χ4n) is 1.56. The Morgan fingerprint density at radius 1 is 1.53 bits per heavy atom. The van der Waals surface area contributed by atoms with Crippen LogP contribution < -0.4 is 5.32 Å². The molecule has 2 rings (SSSR count). The molecule has 0 saturated carbocycles. The van der Waals surface area contributed by atoms with Gasteiger partial charge < -0.3 is 9.73 Å². The van der Waals surface area contributed by atoms with Crippen LogP contribution in [0.3, 0.4) is 0 Å². The molecule has 0 spiro atoms. The number of hydrogen-bond acceptors (Lipinski definition) is 3. The second kappa shape index (κ2) is 4.08. The van der Waals surface area contributed by atoms with Gasteiger partial charge in [-0.15, -0.1) is 0 Å². The standard InChI is InChI=1S/C10H12ClN3O/c1-12-9(7-4-6-15-10(7)11)8-3-5-14(2)13-8/h3-6,9,12H,1-2H3. The van der Waals surface area contributed by atoms with Gasteiger partial charge in [-0.25, -0.2) is 0 Å². The smallest absolute Gasteiger partial charge is 0.198 e. The lowest BCUT2D eigenvalue weighted by Crippen LogP contribution is -2.18. The molecule has 0 bridgehead atoms. The predicted octanol–water partition coefficient (Wildman–Crippen LogP) is 1.98. The topological polar surface area (TPSA) is 43.0 Å². The van der Waals surface area contributed by atoms with E-state index >= 15 is 0 Å². The van der Waals surface area contributed by atoms with Crippen LogP contribution in [0.15, 0.2) is 29.0 Å². The number of halogens is 1. The van der Waals surface area contributed by atoms with Gasteiger partial charge in [0.05, 0.1) is 18.0 Å². The zero-order valence-corrected chi connectivity index (χ0v) is 9.32. The van der Waals surface area contributed by atoms with Gasteiger partial charge >= 0.3 is 0 Å². The summed E-state index contributed by atoms with van der Waals surface area (Å²) in [5.74, 6) is 0. The van der Waals surface area contributed by atoms with Crippen molar-refractivity contribution >= 4 is 11.6 Å². The van der Waals surface area contributed by atoms with Crippen LogP contribution in [0.1, 0.15) is 17.3 Å². The Labute approximate surface area is 92.8 Å². The van der Waals surface area contributed by atoms with Crippen LogP contribution in [0.5, 0.6) is 0 Å². The van der Waals surface area contributed by atoms with E-state index < -0.39 is 0 Å². The lowest BCUT2D eigenvalue weighted by atomic mass is 10.1. The largest absolute Gasteiger partial charge is 0.453 e. The summed E-state index contributed by atoms with van der Waals surface area (Å²) < 4.78 is 6.82. The van der Waals surface area contributed by atoms with Crippen molar-refractivity contribution in [3.05, 3.63) is 41.1 Å². The van der Waals surface area contributed by atoms with Crippen molar-refractivity contribution in [2.24, 2.45) is 7.05 Å². The third-order valence-electron chi connectivity index (χ3n) is 2.28. The number of aromatic nitrogens is 2. The van der Waals surface area contributed by atoms with Crippen molar-refractivity contribution in [1.29, 1.82) is 0 Å². The molecule has 0 fully saturated rings. The molecule has 0 aliphatic rings. The number of nitrogens with one attached hydrogen (secondary N) is 1. The molecule has 1 N–H and O–H groups in total. The van der Waals surface area contributed by atoms with E-state index in [9.17, 15) is 0 Å². The first-order valence-corrected chi connectivity index (χ1v) is 5.00. The normalized spacial score (nSPS) is 13.0. The Kier molecular flexibility index (Phi) is 2.79. The zero-order chi connectivity index (χ0) is 10.8. The molecule has 5 heteroatoms. The summed E-state index contributed by atoms with van der Waals surface area (Å²) in [7, 11) is 3.75. The van der Waals surface area contributed by atoms with Gasteiger partial charge in [-0.2, -0.15) is 5.10 Å². The van der Waals surface area contributed by atoms with E-state index in [1.807, 2.05) is 32.4 Å². The van der Waals surface area contributed by atoms with E-state index in [0.717, 1.165) is 11.3 Å². The summed E-state index contributed by atoms with van der Waals surface area (Å²) in [4.78, 5) is 0. The van der Waals surface area contributed by atoms with Crippen LogP contribution in [0, 0.1) is 0 Å². The van der Waals surface area contributed by atoms with Crippen LogP contribution in [-0.2, 0) is 7.05 Å². The molecule has 0 aliphatic carbocycles. The van der Waals surface area contributed by atoms with Crippen molar-refractivity contribution in [3.63, 3.8) is 0 Å². The first-order chi connectivity index (χ1) is 7.22. The predicted molar refractivity (Wildman–Crippen MR) is 57.8 cm³/mol. The molecule has 0 amide bonds. The fraction of sp³-hybridized carbons (Fsp3) is 0.300. The van der Waals surface area contributed by atoms with Crippen LogP contribution in [-0.4, -0.2) is 16.8 Å². The molecule has 0 saturated heterocycles. The van der Waals surface area contributed by atoms with E-state index in [1.54, 1.807) is 10.9 Å². The van der Waals surface area contributed by atoms with E-state index in [-0.39, 0.29) is 6.04 Å². The molecule has 15 heavy (non-hydrogen) atoms. The van der Waals surface area contributed by atoms with Crippen LogP contribution in [0.25, 0.3) is 0 Å². The second-order valence-electron chi connectivity index (χ2n) is 3.29. The summed E-state index contributed by atoms with van der Waals surface area (Å²) in [6.45, 7) is 0. The molecule has 2 heterocycles. The molecule has 0 aliphatic heterocycles. The lowest BCUT2D eigenvalue weighted by Gasteiger charge is -2.11. The molecule has 2 aromatic rings. The van der Waals surface area contributed by atoms with E-state index in [2.05, 4.69) is 10.4 Å². The first-order valence-electron chi connectivity index (χ1n) is 4.62. The minimum absolute atomic E-state index is 0.0301. The van der Waals surface area contributed by atoms with Crippen LogP contribution >= 0.6 is 11.6 Å². The van der Waals surface area contributed by atoms with E-state index in [0.29, 0.717) is 5.22 Å². The van der Waals surface area contributed by atoms with Crippen molar-refractivity contribution in [2.45, 2.75) is 6.04 Å². The maximum Gasteiger partial charge on any atom is 0.198 e. The number of hydrogen-bond donors (Lipinski definition) is 1. The minimum Gasteiger partial charge on any atom is -0.453 e. The SMILES string of the molecule is CNC(c1ccn(C)n1)c1ccoc1Cl. The zero-order valence-electron chi connectivity index (χ0n) is 8.57. The molecule has 4 nitrogen and oxygen atoms in total. The number of nitrogens with zero attached hydrogens (tertiary/aromatic N) is 2. The highest BCUT2D eigenvalue weighted by Crippen LogP contribution is 2.27. The van der Waals surface area contributed by atoms with Gasteiger partial charge in [-0.1, -0.05) is 0 Å². The van der Waals surface area contributed by atoms with E-state index in [4.69, 9.17) is 16.0 Å². The van der Waals surface area contributed by atoms with Crippen molar-refractivity contribution in [1.82, 2.24) is 15.1 Å². The Balaban J connectivity index is 2.36. The Morgan fingerprint density at radius 3 is 2.80 bits per heavy atom. The van der Waals surface area contributed by atoms with Crippen molar-refractivity contribution < 1.29 is 4.42 Å². The number of rotatable bonds is 3. The summed E-state index contributed by atoms with van der Waals surface area (Å²) >= 11 is 5.93. The quantitative estimate of drug-likeness (QED) is 0.869. The van der Waals surface area contributed by atoms with Gasteiger partial charge in [0.2, 0.25) is 0 Å². The second-order valence-corrected chi connectivity index (χ2v) is 3.63. The molecule has 1 atom stereocenters. The van der Waals surface area contributed by atoms with Gasteiger partial charge in [0, 0.05) is 18.8 Å². The minimum atomic E-state index is -0.0301. The Hall–Kier alpha value is -1.26. The number of furan rings is 1. The van der Waals surface area contributed by atoms with Crippen molar-refractivity contribution in [2.75, 3.05) is 7.05 Å². The van der Waals surface area contributed by atoms with Crippen molar-refractivity contribution in [3.8, 4) is 0 Å². The molecule has 0 radical (unpaired) electrons. The third-order valence-corrected chi connectivity index (χ3v) is 2.58. The molecule has 0 aromatic carbocycles. The van der Waals surface area contributed by atoms with Gasteiger partial charge in [-0.3, -0.25) is 4.68 Å². The monoisotopic (exact) mass is 225 g/mol. The fourth-order valence-corrected chi connectivity index (χ4v) is 1.78.